The number of aliphatic hydroxyl groups excluding tert-OH is 1. The highest BCUT2D eigenvalue weighted by Gasteiger charge is 2.18. The van der Waals surface area contributed by atoms with Crippen molar-refractivity contribution in [3.8, 4) is 0 Å². The van der Waals surface area contributed by atoms with Gasteiger partial charge in [0, 0.05) is 13.2 Å². The zero-order valence-corrected chi connectivity index (χ0v) is 13.5. The normalized spacial score (nSPS) is 11.0. The lowest BCUT2D eigenvalue weighted by molar-refractivity contribution is 0.100. The summed E-state index contributed by atoms with van der Waals surface area (Å²) in [6.07, 6.45) is 1.53. The van der Waals surface area contributed by atoms with Crippen molar-refractivity contribution in [1.82, 2.24) is 24.1 Å². The Hall–Kier alpha value is -3.27. The summed E-state index contributed by atoms with van der Waals surface area (Å²) in [5.41, 5.74) is 6.38. The predicted molar refractivity (Wildman–Crippen MR) is 91.3 cm³/mol. The minimum absolute atomic E-state index is 0.0439. The number of hydrogen-bond donors (Lipinski definition) is 3. The lowest BCUT2D eigenvalue weighted by Crippen LogP contribution is -2.23. The average molecular weight is 343 g/mol. The van der Waals surface area contributed by atoms with Crippen molar-refractivity contribution < 1.29 is 9.90 Å². The molecule has 0 unspecified atom stereocenters. The number of fused-ring (bicyclic) bond motifs is 1. The minimum Gasteiger partial charge on any atom is -0.395 e. The summed E-state index contributed by atoms with van der Waals surface area (Å²) in [5.74, 6) is -0.00799. The number of rotatable bonds is 6. The average Bonchev–Trinajstić information content (AvgIpc) is 2.85. The van der Waals surface area contributed by atoms with Gasteiger partial charge in [-0.3, -0.25) is 18.9 Å². The molecule has 3 heterocycles. The highest BCUT2D eigenvalue weighted by atomic mass is 16.3. The largest absolute Gasteiger partial charge is 0.395 e. The molecule has 130 valence electrons. The van der Waals surface area contributed by atoms with Gasteiger partial charge in [0.15, 0.2) is 17.2 Å². The third kappa shape index (κ3) is 3.06. The van der Waals surface area contributed by atoms with Gasteiger partial charge in [0.1, 0.15) is 11.2 Å². The summed E-state index contributed by atoms with van der Waals surface area (Å²) in [6, 6.07) is 5.06. The second-order valence-electron chi connectivity index (χ2n) is 5.31. The quantitative estimate of drug-likeness (QED) is 0.504. The van der Waals surface area contributed by atoms with Crippen LogP contribution in [0.3, 0.4) is 0 Å². The van der Waals surface area contributed by atoms with Gasteiger partial charge in [0.05, 0.1) is 19.7 Å². The topological polar surface area (TPSA) is 141 Å². The molecule has 0 spiro atoms. The first-order chi connectivity index (χ1) is 12.0. The molecule has 0 radical (unpaired) electrons. The molecule has 0 saturated carbocycles. The molecular formula is C15H17N7O3. The summed E-state index contributed by atoms with van der Waals surface area (Å²) in [5, 5.41) is 12.0. The molecule has 0 aromatic carbocycles. The molecule has 0 atom stereocenters. The molecule has 10 nitrogen and oxygen atoms in total. The maximum absolute atomic E-state index is 12.3. The lowest BCUT2D eigenvalue weighted by Gasteiger charge is -2.08. The first-order valence-corrected chi connectivity index (χ1v) is 7.54. The Labute approximate surface area is 142 Å². The van der Waals surface area contributed by atoms with Gasteiger partial charge in [-0.15, -0.1) is 0 Å². The summed E-state index contributed by atoms with van der Waals surface area (Å²) in [7, 11) is 1.56. The van der Waals surface area contributed by atoms with E-state index in [1.807, 2.05) is 0 Å². The number of ketones is 1. The van der Waals surface area contributed by atoms with Gasteiger partial charge in [-0.25, -0.2) is 4.79 Å². The SMILES string of the molecule is Cn1c(=O)n(CCO)c2nc(N)nc(NCC(=O)c3ccccn3)c21. The molecule has 0 saturated heterocycles. The minimum atomic E-state index is -0.358. The zero-order valence-electron chi connectivity index (χ0n) is 13.5. The molecule has 3 aromatic heterocycles. The third-order valence-corrected chi connectivity index (χ3v) is 3.68. The van der Waals surface area contributed by atoms with Crippen LogP contribution in [0.2, 0.25) is 0 Å². The van der Waals surface area contributed by atoms with E-state index in [0.29, 0.717) is 16.9 Å². The first kappa shape index (κ1) is 16.6. The van der Waals surface area contributed by atoms with E-state index in [0.717, 1.165) is 0 Å². The number of nitrogens with two attached hydrogens (primary N) is 1. The van der Waals surface area contributed by atoms with Crippen LogP contribution >= 0.6 is 0 Å². The Morgan fingerprint density at radius 1 is 1.36 bits per heavy atom. The molecule has 25 heavy (non-hydrogen) atoms. The molecule has 0 amide bonds. The van der Waals surface area contributed by atoms with Gasteiger partial charge in [-0.05, 0) is 12.1 Å². The summed E-state index contributed by atoms with van der Waals surface area (Å²) >= 11 is 0. The smallest absolute Gasteiger partial charge is 0.330 e. The van der Waals surface area contributed by atoms with E-state index in [1.165, 1.54) is 15.3 Å². The van der Waals surface area contributed by atoms with Crippen LogP contribution in [0, 0.1) is 0 Å². The number of nitrogen functional groups attached to an aromatic ring is 1. The number of anilines is 2. The number of nitrogens with one attached hydrogen (secondary N) is 1. The van der Waals surface area contributed by atoms with Crippen LogP contribution in [0.15, 0.2) is 29.2 Å². The van der Waals surface area contributed by atoms with E-state index in [9.17, 15) is 9.59 Å². The van der Waals surface area contributed by atoms with Gasteiger partial charge >= 0.3 is 5.69 Å². The number of carbonyl (C=O) groups is 1. The number of aliphatic hydroxyl groups is 1. The number of hydrogen-bond acceptors (Lipinski definition) is 8. The first-order valence-electron chi connectivity index (χ1n) is 7.54. The molecule has 3 rings (SSSR count). The summed E-state index contributed by atoms with van der Waals surface area (Å²) in [6.45, 7) is -0.204. The Bertz CT molecular complexity index is 978. The van der Waals surface area contributed by atoms with Crippen LogP contribution in [0.5, 0.6) is 0 Å². The standard InChI is InChI=1S/C15H17N7O3/c1-21-11-12(18-8-10(24)9-4-2-3-5-17-9)19-14(16)20-13(11)22(6-7-23)15(21)25/h2-5,23H,6-8H2,1H3,(H3,16,18,19,20). The van der Waals surface area contributed by atoms with Gasteiger partial charge in [0.25, 0.3) is 0 Å². The number of pyridine rings is 1. The van der Waals surface area contributed by atoms with E-state index in [4.69, 9.17) is 10.8 Å². The van der Waals surface area contributed by atoms with Crippen molar-refractivity contribution in [2.45, 2.75) is 6.54 Å². The Kier molecular flexibility index (Phi) is 4.44. The molecule has 0 aliphatic heterocycles. The number of aryl methyl sites for hydroxylation is 1. The van der Waals surface area contributed by atoms with Crippen molar-refractivity contribution in [2.24, 2.45) is 7.05 Å². The van der Waals surface area contributed by atoms with Crippen molar-refractivity contribution in [1.29, 1.82) is 0 Å². The van der Waals surface area contributed by atoms with E-state index >= 15 is 0 Å². The molecule has 0 bridgehead atoms. The number of carbonyl (C=O) groups excluding carboxylic acids is 1. The Morgan fingerprint density at radius 3 is 2.84 bits per heavy atom. The fourth-order valence-electron chi connectivity index (χ4n) is 2.53. The van der Waals surface area contributed by atoms with E-state index in [1.54, 1.807) is 25.2 Å². The Balaban J connectivity index is 1.98. The molecule has 0 aliphatic carbocycles. The van der Waals surface area contributed by atoms with E-state index in [2.05, 4.69) is 20.3 Å². The van der Waals surface area contributed by atoms with Crippen LogP contribution in [-0.4, -0.2) is 48.1 Å². The predicted octanol–water partition coefficient (Wildman–Crippen LogP) is -0.606. The third-order valence-electron chi connectivity index (χ3n) is 3.68. The van der Waals surface area contributed by atoms with Crippen LogP contribution in [0.4, 0.5) is 11.8 Å². The van der Waals surface area contributed by atoms with Gasteiger partial charge in [-0.2, -0.15) is 9.97 Å². The lowest BCUT2D eigenvalue weighted by atomic mass is 10.2. The molecule has 0 fully saturated rings. The maximum atomic E-state index is 12.3. The van der Waals surface area contributed by atoms with Gasteiger partial charge < -0.3 is 16.2 Å². The highest BCUT2D eigenvalue weighted by molar-refractivity contribution is 5.98. The summed E-state index contributed by atoms with van der Waals surface area (Å²) < 4.78 is 2.65. The van der Waals surface area contributed by atoms with Crippen LogP contribution in [-0.2, 0) is 13.6 Å². The molecule has 10 heteroatoms. The number of nitrogens with zero attached hydrogens (tertiary/aromatic N) is 5. The molecular weight excluding hydrogens is 326 g/mol. The Morgan fingerprint density at radius 2 is 2.16 bits per heavy atom. The van der Waals surface area contributed by atoms with Crippen molar-refractivity contribution >= 4 is 28.7 Å². The van der Waals surface area contributed by atoms with Crippen LogP contribution in [0.1, 0.15) is 10.5 Å². The fraction of sp³-hybridized carbons (Fsp3) is 0.267. The zero-order chi connectivity index (χ0) is 18.0. The number of Topliss-reactive ketones (excluding diaryl/α,β-unsaturated/α-hetero) is 1. The molecule has 0 aliphatic rings. The van der Waals surface area contributed by atoms with E-state index in [-0.39, 0.29) is 42.9 Å². The molecule has 4 N–H and O–H groups in total. The van der Waals surface area contributed by atoms with Crippen molar-refractivity contribution in [3.63, 3.8) is 0 Å². The van der Waals surface area contributed by atoms with Crippen LogP contribution < -0.4 is 16.7 Å². The second-order valence-corrected chi connectivity index (χ2v) is 5.31. The van der Waals surface area contributed by atoms with Crippen molar-refractivity contribution in [3.05, 3.63) is 40.6 Å². The van der Waals surface area contributed by atoms with Crippen molar-refractivity contribution in [2.75, 3.05) is 24.2 Å². The maximum Gasteiger partial charge on any atom is 0.330 e. The fourth-order valence-corrected chi connectivity index (χ4v) is 2.53. The number of aromatic nitrogens is 5. The van der Waals surface area contributed by atoms with Gasteiger partial charge in [0.2, 0.25) is 5.95 Å². The van der Waals surface area contributed by atoms with E-state index < -0.39 is 0 Å². The number of imidazole rings is 1. The van der Waals surface area contributed by atoms with Gasteiger partial charge in [-0.1, -0.05) is 6.07 Å². The monoisotopic (exact) mass is 343 g/mol. The van der Waals surface area contributed by atoms with Crippen LogP contribution in [0.25, 0.3) is 11.2 Å². The highest BCUT2D eigenvalue weighted by Crippen LogP contribution is 2.20. The summed E-state index contributed by atoms with van der Waals surface area (Å²) in [4.78, 5) is 36.7. The second kappa shape index (κ2) is 6.69. The molecule has 3 aromatic rings.